The minimum absolute atomic E-state index is 0.0244. The number of carbonyl (C=O) groups excluding carboxylic acids is 12. The van der Waals surface area contributed by atoms with Crippen LogP contribution in [0, 0.1) is 10.8 Å². The quantitative estimate of drug-likeness (QED) is 0.0127. The number of aliphatic carboxylic acids is 6. The molecular formula is C68H102N20O25S. The lowest BCUT2D eigenvalue weighted by molar-refractivity contribution is -0.145. The summed E-state index contributed by atoms with van der Waals surface area (Å²) in [4.78, 5) is 241. The van der Waals surface area contributed by atoms with E-state index in [0.29, 0.717) is 24.1 Å². The summed E-state index contributed by atoms with van der Waals surface area (Å²) >= 11 is 1.37. The van der Waals surface area contributed by atoms with Gasteiger partial charge in [-0.15, -0.1) is 0 Å². The first-order valence-corrected chi connectivity index (χ1v) is 37.0. The number of nitrogens with one attached hydrogen (secondary N) is 16. The van der Waals surface area contributed by atoms with Crippen LogP contribution in [0.1, 0.15) is 114 Å². The van der Waals surface area contributed by atoms with Gasteiger partial charge in [0.05, 0.1) is 32.1 Å². The Morgan fingerprint density at radius 1 is 0.368 bits per heavy atom. The third-order valence-corrected chi connectivity index (χ3v) is 17.2. The lowest BCUT2D eigenvalue weighted by atomic mass is 10.0. The predicted octanol–water partition coefficient (Wildman–Crippen LogP) is -7.38. The molecule has 2 aromatic rings. The van der Waals surface area contributed by atoms with Crippen LogP contribution in [0.2, 0.25) is 0 Å². The van der Waals surface area contributed by atoms with Crippen molar-refractivity contribution in [2.75, 3.05) is 38.2 Å². The van der Waals surface area contributed by atoms with Crippen LogP contribution in [-0.2, 0) is 99.1 Å². The highest BCUT2D eigenvalue weighted by Gasteiger charge is 2.39. The second-order valence-corrected chi connectivity index (χ2v) is 26.7. The van der Waals surface area contributed by atoms with Crippen LogP contribution in [0.25, 0.3) is 0 Å². The lowest BCUT2D eigenvalue weighted by Crippen LogP contribution is -2.61. The molecular weight excluding hydrogens is 1530 g/mol. The van der Waals surface area contributed by atoms with Gasteiger partial charge in [-0.25, -0.2) is 4.79 Å². The van der Waals surface area contributed by atoms with Crippen molar-refractivity contribution in [3.63, 3.8) is 0 Å². The van der Waals surface area contributed by atoms with E-state index in [9.17, 15) is 122 Å². The van der Waals surface area contributed by atoms with Gasteiger partial charge < -0.3 is 133 Å². The molecule has 0 saturated carbocycles. The summed E-state index contributed by atoms with van der Waals surface area (Å²) in [5.41, 5.74) is 22.8. The van der Waals surface area contributed by atoms with Gasteiger partial charge in [0.25, 0.3) is 0 Å². The van der Waals surface area contributed by atoms with Crippen LogP contribution in [0.5, 0.6) is 5.75 Å². The van der Waals surface area contributed by atoms with Crippen molar-refractivity contribution in [3.8, 4) is 5.75 Å². The van der Waals surface area contributed by atoms with Crippen molar-refractivity contribution < 1.29 is 122 Å². The molecule has 0 aromatic heterocycles. The minimum atomic E-state index is -2.39. The third-order valence-electron chi connectivity index (χ3n) is 16.6. The summed E-state index contributed by atoms with van der Waals surface area (Å²) in [6.45, 7) is 0.0538. The minimum Gasteiger partial charge on any atom is -0.508 e. The zero-order valence-electron chi connectivity index (χ0n) is 62.2. The number of thioether (sulfide) groups is 1. The summed E-state index contributed by atoms with van der Waals surface area (Å²) in [6, 6.07) is -9.62. The van der Waals surface area contributed by atoms with E-state index in [1.165, 1.54) is 36.0 Å². The Hall–Kier alpha value is -12.5. The smallest absolute Gasteiger partial charge is 0.326 e. The summed E-state index contributed by atoms with van der Waals surface area (Å²) in [5, 5.41) is 116. The molecule has 630 valence electrons. The highest BCUT2D eigenvalue weighted by Crippen LogP contribution is 2.16. The lowest BCUT2D eigenvalue weighted by Gasteiger charge is -2.28. The molecule has 2 aromatic carbocycles. The van der Waals surface area contributed by atoms with Gasteiger partial charge in [-0.3, -0.25) is 92.3 Å². The number of hydrogen-bond donors (Lipinski definition) is 27. The van der Waals surface area contributed by atoms with Gasteiger partial charge in [-0.05, 0) is 119 Å². The SMILES string of the molecule is CSCC[C@H](NC=O)C(=O)N[C@@H](CCCNC(=N)N)C(=O)N[C@@H](Cc1ccccc1)C(=O)N[C@@H](CCCNC(=N)N)C(=O)N[C@@H](CC(=O)O)C(=O)N[C@@H](Cc1ccc(O)cc1)C(=O)N[C@@H](CCCCN)C(=O)N[C@@H](CC(=O)O)C(=O)N[C@@H](CC(=O)O)C(=O)N[C@@H](CC(=O)O)C(=O)N[C@@H](CC(=O)O)C(=O)N[C@@H](CCCCN)C(=O)O. The Labute approximate surface area is 656 Å². The first-order valence-electron chi connectivity index (χ1n) is 35.6. The molecule has 0 bridgehead atoms. The highest BCUT2D eigenvalue weighted by atomic mass is 32.2. The Morgan fingerprint density at radius 2 is 0.640 bits per heavy atom. The molecule has 0 aliphatic rings. The number of carbonyl (C=O) groups is 18. The van der Waals surface area contributed by atoms with Crippen molar-refractivity contribution in [2.45, 2.75) is 188 Å². The molecule has 12 atom stereocenters. The fraction of sp³-hybridized carbons (Fsp3) is 0.529. The van der Waals surface area contributed by atoms with E-state index in [4.69, 9.17) is 33.8 Å². The molecule has 45 nitrogen and oxygen atoms in total. The second kappa shape index (κ2) is 52.6. The fourth-order valence-electron chi connectivity index (χ4n) is 10.8. The van der Waals surface area contributed by atoms with Crippen molar-refractivity contribution in [1.29, 1.82) is 10.8 Å². The Bertz CT molecular complexity index is 3660. The third kappa shape index (κ3) is 39.4. The maximum atomic E-state index is 14.8. The molecule has 46 heteroatoms. The average molecular weight is 1630 g/mol. The molecule has 0 fully saturated rings. The fourth-order valence-corrected chi connectivity index (χ4v) is 11.2. The van der Waals surface area contributed by atoms with Crippen molar-refractivity contribution in [2.24, 2.45) is 22.9 Å². The van der Waals surface area contributed by atoms with Crippen LogP contribution in [0.4, 0.5) is 0 Å². The number of amides is 12. The predicted molar refractivity (Wildman–Crippen MR) is 402 cm³/mol. The first kappa shape index (κ1) is 97.6. The summed E-state index contributed by atoms with van der Waals surface area (Å²) < 4.78 is 0. The summed E-state index contributed by atoms with van der Waals surface area (Å²) in [5.74, 6) is -25.7. The van der Waals surface area contributed by atoms with Gasteiger partial charge in [0, 0.05) is 25.9 Å². The van der Waals surface area contributed by atoms with Crippen molar-refractivity contribution in [3.05, 3.63) is 65.7 Å². The van der Waals surface area contributed by atoms with E-state index in [2.05, 4.69) is 53.2 Å². The Balaban J connectivity index is 2.69. The van der Waals surface area contributed by atoms with E-state index in [1.807, 2.05) is 21.3 Å². The molecule has 12 amide bonds. The van der Waals surface area contributed by atoms with Gasteiger partial charge in [-0.2, -0.15) is 11.8 Å². The van der Waals surface area contributed by atoms with Gasteiger partial charge in [0.2, 0.25) is 71.4 Å². The zero-order chi connectivity index (χ0) is 85.6. The highest BCUT2D eigenvalue weighted by molar-refractivity contribution is 7.98. The van der Waals surface area contributed by atoms with Crippen LogP contribution in [0.15, 0.2) is 54.6 Å². The standard InChI is InChI=1S/C68H102N20O25S/c1-114-26-21-38(77-34-89)55(101)78-40(15-9-24-75-67(71)72)57(103)82-43(27-35-11-3-2-4-12-35)59(105)80-41(16-10-25-76-68(73)74)58(104)85-46(30-51(93)94)62(108)83-44(28-36-17-19-37(90)20-18-36)60(106)79-39(13-5-7-22-69)56(102)84-47(31-52(95)96)63(109)87-49(33-54(99)100)65(111)88-48(32-53(97)98)64(110)86-45(29-50(91)92)61(107)81-42(66(112)113)14-6-8-23-70/h2-4,11-12,17-20,34,38-49,90H,5-10,13-16,21-33,69-70H2,1H3,(H,77,89)(H,78,101)(H,79,106)(H,80,105)(H,81,107)(H,82,103)(H,83,108)(H,84,102)(H,85,104)(H,86,110)(H,87,109)(H,88,111)(H,91,92)(H,93,94)(H,95,96)(H,97,98)(H,99,100)(H,112,113)(H4,71,72,75)(H4,73,74,76)/t38-,39-,40-,41-,42-,43-,44-,45-,46-,47-,48-,49-/m0/s1. The summed E-state index contributed by atoms with van der Waals surface area (Å²) in [7, 11) is 0. The van der Waals surface area contributed by atoms with E-state index in [-0.39, 0.29) is 102 Å². The average Bonchev–Trinajstić information content (AvgIpc) is 0.851. The first-order chi connectivity index (χ1) is 53.9. The van der Waals surface area contributed by atoms with Crippen LogP contribution in [0.3, 0.4) is 0 Å². The van der Waals surface area contributed by atoms with E-state index in [0.717, 1.165) is 0 Å². The van der Waals surface area contributed by atoms with Crippen molar-refractivity contribution >= 4 is 131 Å². The number of phenols is 1. The molecule has 0 saturated heterocycles. The zero-order valence-corrected chi connectivity index (χ0v) is 63.0. The monoisotopic (exact) mass is 1630 g/mol. The number of guanidine groups is 2. The number of carboxylic acid groups (broad SMARTS) is 6. The van der Waals surface area contributed by atoms with E-state index in [1.54, 1.807) is 36.6 Å². The number of phenolic OH excluding ortho intramolecular Hbond substituents is 1. The maximum absolute atomic E-state index is 14.8. The Kier molecular flexibility index (Phi) is 45.1. The topological polar surface area (TPSA) is 769 Å². The van der Waals surface area contributed by atoms with E-state index >= 15 is 0 Å². The van der Waals surface area contributed by atoms with Crippen LogP contribution < -0.4 is 97.4 Å². The largest absolute Gasteiger partial charge is 0.508 e. The molecule has 0 radical (unpaired) electrons. The molecule has 0 aliphatic heterocycles. The normalized spacial score (nSPS) is 14.0. The second-order valence-electron chi connectivity index (χ2n) is 25.7. The van der Waals surface area contributed by atoms with E-state index < -0.39 is 230 Å². The number of rotatable bonds is 58. The molecule has 0 spiro atoms. The molecule has 31 N–H and O–H groups in total. The number of aromatic hydroxyl groups is 1. The maximum Gasteiger partial charge on any atom is 0.326 e. The number of carboxylic acids is 6. The number of benzene rings is 2. The molecule has 0 unspecified atom stereocenters. The van der Waals surface area contributed by atoms with Crippen molar-refractivity contribution in [1.82, 2.24) is 74.4 Å². The van der Waals surface area contributed by atoms with Crippen LogP contribution in [-0.4, -0.2) is 266 Å². The van der Waals surface area contributed by atoms with Gasteiger partial charge in [0.15, 0.2) is 11.9 Å². The summed E-state index contributed by atoms with van der Waals surface area (Å²) in [6.07, 6.45) is -5.78. The number of unbranched alkanes of at least 4 members (excludes halogenated alkanes) is 2. The van der Waals surface area contributed by atoms with Gasteiger partial charge in [-0.1, -0.05) is 42.5 Å². The molecule has 0 aliphatic carbocycles. The van der Waals surface area contributed by atoms with Crippen LogP contribution >= 0.6 is 11.8 Å². The number of nitrogens with two attached hydrogens (primary N) is 4. The molecule has 2 rings (SSSR count). The Morgan fingerprint density at radius 3 is 0.939 bits per heavy atom. The number of hydrogen-bond acceptors (Lipinski definition) is 24. The molecule has 0 heterocycles. The van der Waals surface area contributed by atoms with Gasteiger partial charge in [0.1, 0.15) is 78.3 Å². The van der Waals surface area contributed by atoms with Gasteiger partial charge >= 0.3 is 35.8 Å². The molecule has 114 heavy (non-hydrogen) atoms.